The largest absolute Gasteiger partial charge is 0.286 e. The molecule has 2 aromatic heterocycles. The van der Waals surface area contributed by atoms with Crippen molar-refractivity contribution in [2.45, 2.75) is 13.8 Å². The minimum atomic E-state index is 0.392. The SMILES string of the molecule is Cc1ncn(-c2ccc(Cl)nn2)c1C. The fraction of sp³-hybridized carbons (Fsp3) is 0.222. The molecule has 2 aromatic rings. The highest BCUT2D eigenvalue weighted by Gasteiger charge is 2.05. The molecule has 0 amide bonds. The van der Waals surface area contributed by atoms with Gasteiger partial charge in [-0.25, -0.2) is 4.98 Å². The van der Waals surface area contributed by atoms with Gasteiger partial charge in [-0.2, -0.15) is 0 Å². The first kappa shape index (κ1) is 9.15. The number of nitrogens with zero attached hydrogens (tertiary/aromatic N) is 4. The van der Waals surface area contributed by atoms with E-state index in [9.17, 15) is 0 Å². The van der Waals surface area contributed by atoms with Gasteiger partial charge in [-0.05, 0) is 26.0 Å². The molecule has 0 saturated carbocycles. The summed E-state index contributed by atoms with van der Waals surface area (Å²) in [5.74, 6) is 0.729. The van der Waals surface area contributed by atoms with Crippen molar-refractivity contribution in [3.63, 3.8) is 0 Å². The third-order valence-electron chi connectivity index (χ3n) is 2.12. The molecule has 0 bridgehead atoms. The number of imidazole rings is 1. The van der Waals surface area contributed by atoms with Gasteiger partial charge >= 0.3 is 0 Å². The maximum absolute atomic E-state index is 5.65. The average molecular weight is 209 g/mol. The second-order valence-corrected chi connectivity index (χ2v) is 3.39. The molecule has 0 aliphatic heterocycles. The van der Waals surface area contributed by atoms with Crippen molar-refractivity contribution in [2.24, 2.45) is 0 Å². The summed E-state index contributed by atoms with van der Waals surface area (Å²) in [5, 5.41) is 8.13. The van der Waals surface area contributed by atoms with Gasteiger partial charge in [0, 0.05) is 5.69 Å². The van der Waals surface area contributed by atoms with E-state index in [4.69, 9.17) is 11.6 Å². The van der Waals surface area contributed by atoms with E-state index >= 15 is 0 Å². The molecule has 5 heteroatoms. The standard InChI is InChI=1S/C9H9ClN4/c1-6-7(2)14(5-11-6)9-4-3-8(10)12-13-9/h3-5H,1-2H3. The Bertz CT molecular complexity index is 446. The Morgan fingerprint density at radius 3 is 2.50 bits per heavy atom. The molecule has 0 aromatic carbocycles. The molecule has 0 N–H and O–H groups in total. The third-order valence-corrected chi connectivity index (χ3v) is 2.32. The Balaban J connectivity index is 2.49. The normalized spacial score (nSPS) is 10.5. The zero-order valence-electron chi connectivity index (χ0n) is 7.90. The molecular formula is C9H9ClN4. The Morgan fingerprint density at radius 2 is 2.00 bits per heavy atom. The molecule has 0 saturated heterocycles. The van der Waals surface area contributed by atoms with Gasteiger partial charge in [0.1, 0.15) is 6.33 Å². The van der Waals surface area contributed by atoms with Crippen LogP contribution in [0, 0.1) is 13.8 Å². The van der Waals surface area contributed by atoms with Crippen LogP contribution in [0.5, 0.6) is 0 Å². The van der Waals surface area contributed by atoms with Crippen molar-refractivity contribution in [1.29, 1.82) is 0 Å². The number of halogens is 1. The zero-order chi connectivity index (χ0) is 10.1. The molecule has 2 rings (SSSR count). The van der Waals surface area contributed by atoms with Crippen molar-refractivity contribution in [3.8, 4) is 5.82 Å². The topological polar surface area (TPSA) is 43.6 Å². The molecule has 2 heterocycles. The van der Waals surface area contributed by atoms with Gasteiger partial charge in [-0.15, -0.1) is 10.2 Å². The second kappa shape index (κ2) is 3.38. The van der Waals surface area contributed by atoms with Gasteiger partial charge in [0.15, 0.2) is 11.0 Å². The molecule has 0 spiro atoms. The Kier molecular flexibility index (Phi) is 2.21. The Morgan fingerprint density at radius 1 is 1.21 bits per heavy atom. The van der Waals surface area contributed by atoms with Crippen LogP contribution in [0.2, 0.25) is 5.15 Å². The molecule has 0 radical (unpaired) electrons. The third kappa shape index (κ3) is 1.48. The summed E-state index contributed by atoms with van der Waals surface area (Å²) >= 11 is 5.65. The summed E-state index contributed by atoms with van der Waals surface area (Å²) < 4.78 is 1.87. The Hall–Kier alpha value is -1.42. The number of rotatable bonds is 1. The molecule has 72 valence electrons. The second-order valence-electron chi connectivity index (χ2n) is 3.00. The van der Waals surface area contributed by atoms with Gasteiger partial charge in [0.25, 0.3) is 0 Å². The van der Waals surface area contributed by atoms with Crippen LogP contribution in [0.3, 0.4) is 0 Å². The van der Waals surface area contributed by atoms with Crippen molar-refractivity contribution < 1.29 is 0 Å². The zero-order valence-corrected chi connectivity index (χ0v) is 8.65. The van der Waals surface area contributed by atoms with E-state index in [1.807, 2.05) is 24.5 Å². The van der Waals surface area contributed by atoms with Crippen LogP contribution >= 0.6 is 11.6 Å². The van der Waals surface area contributed by atoms with E-state index in [-0.39, 0.29) is 0 Å². The van der Waals surface area contributed by atoms with E-state index in [0.29, 0.717) is 5.15 Å². The van der Waals surface area contributed by atoms with Crippen molar-refractivity contribution in [2.75, 3.05) is 0 Å². The van der Waals surface area contributed by atoms with Gasteiger partial charge in [-0.1, -0.05) is 11.6 Å². The molecule has 0 atom stereocenters. The quantitative estimate of drug-likeness (QED) is 0.719. The summed E-state index contributed by atoms with van der Waals surface area (Å²) in [6, 6.07) is 3.52. The van der Waals surface area contributed by atoms with Crippen LogP contribution < -0.4 is 0 Å². The minimum Gasteiger partial charge on any atom is -0.286 e. The van der Waals surface area contributed by atoms with E-state index in [0.717, 1.165) is 17.2 Å². The monoisotopic (exact) mass is 208 g/mol. The number of aromatic nitrogens is 4. The van der Waals surface area contributed by atoms with Crippen LogP contribution in [-0.4, -0.2) is 19.7 Å². The summed E-state index contributed by atoms with van der Waals surface area (Å²) in [4.78, 5) is 4.18. The van der Waals surface area contributed by atoms with Gasteiger partial charge < -0.3 is 0 Å². The highest BCUT2D eigenvalue weighted by molar-refractivity contribution is 6.29. The van der Waals surface area contributed by atoms with Crippen LogP contribution in [0.25, 0.3) is 5.82 Å². The summed E-state index contributed by atoms with van der Waals surface area (Å²) in [5.41, 5.74) is 2.04. The predicted octanol–water partition coefficient (Wildman–Crippen LogP) is 1.93. The number of hydrogen-bond donors (Lipinski definition) is 0. The van der Waals surface area contributed by atoms with Crippen LogP contribution in [0.4, 0.5) is 0 Å². The fourth-order valence-corrected chi connectivity index (χ4v) is 1.27. The first-order valence-corrected chi connectivity index (χ1v) is 4.56. The molecule has 0 aliphatic rings. The fourth-order valence-electron chi connectivity index (χ4n) is 1.17. The van der Waals surface area contributed by atoms with Gasteiger partial charge in [-0.3, -0.25) is 4.57 Å². The van der Waals surface area contributed by atoms with Crippen LogP contribution in [0.1, 0.15) is 11.4 Å². The van der Waals surface area contributed by atoms with Crippen molar-refractivity contribution >= 4 is 11.6 Å². The molecule has 0 fully saturated rings. The smallest absolute Gasteiger partial charge is 0.160 e. The molecule has 14 heavy (non-hydrogen) atoms. The van der Waals surface area contributed by atoms with Crippen LogP contribution in [-0.2, 0) is 0 Å². The highest BCUT2D eigenvalue weighted by Crippen LogP contribution is 2.11. The maximum Gasteiger partial charge on any atom is 0.160 e. The molecular weight excluding hydrogens is 200 g/mol. The summed E-state index contributed by atoms with van der Waals surface area (Å²) in [6.45, 7) is 3.94. The minimum absolute atomic E-state index is 0.392. The van der Waals surface area contributed by atoms with E-state index in [2.05, 4.69) is 15.2 Å². The van der Waals surface area contributed by atoms with E-state index in [1.165, 1.54) is 0 Å². The van der Waals surface area contributed by atoms with Crippen molar-refractivity contribution in [3.05, 3.63) is 35.0 Å². The average Bonchev–Trinajstić information content (AvgIpc) is 2.50. The lowest BCUT2D eigenvalue weighted by Crippen LogP contribution is -1.99. The van der Waals surface area contributed by atoms with E-state index in [1.54, 1.807) is 12.4 Å². The maximum atomic E-state index is 5.65. The van der Waals surface area contributed by atoms with Crippen molar-refractivity contribution in [1.82, 2.24) is 19.7 Å². The highest BCUT2D eigenvalue weighted by atomic mass is 35.5. The first-order chi connectivity index (χ1) is 6.68. The lowest BCUT2D eigenvalue weighted by atomic mass is 10.4. The first-order valence-electron chi connectivity index (χ1n) is 4.18. The lowest BCUT2D eigenvalue weighted by molar-refractivity contribution is 0.889. The van der Waals surface area contributed by atoms with E-state index < -0.39 is 0 Å². The number of hydrogen-bond acceptors (Lipinski definition) is 3. The summed E-state index contributed by atoms with van der Waals surface area (Å²) in [7, 11) is 0. The van der Waals surface area contributed by atoms with Gasteiger partial charge in [0.05, 0.1) is 5.69 Å². The van der Waals surface area contributed by atoms with Gasteiger partial charge in [0.2, 0.25) is 0 Å². The Labute approximate surface area is 86.6 Å². The summed E-state index contributed by atoms with van der Waals surface area (Å²) in [6.07, 6.45) is 1.72. The molecule has 0 unspecified atom stereocenters. The molecule has 4 nitrogen and oxygen atoms in total. The predicted molar refractivity (Wildman–Crippen MR) is 53.6 cm³/mol. The lowest BCUT2D eigenvalue weighted by Gasteiger charge is -2.02. The number of aryl methyl sites for hydroxylation is 1. The van der Waals surface area contributed by atoms with Crippen LogP contribution in [0.15, 0.2) is 18.5 Å². The molecule has 0 aliphatic carbocycles.